The number of hydrogen-bond acceptors (Lipinski definition) is 4. The minimum atomic E-state index is 0.212. The number of nitrogens with two attached hydrogens (primary N) is 1. The lowest BCUT2D eigenvalue weighted by Crippen LogP contribution is -1.98. The van der Waals surface area contributed by atoms with Crippen LogP contribution in [0.5, 0.6) is 5.75 Å². The Morgan fingerprint density at radius 1 is 1.48 bits per heavy atom. The molecule has 0 fully saturated rings. The van der Waals surface area contributed by atoms with Crippen LogP contribution in [-0.4, -0.2) is 21.2 Å². The van der Waals surface area contributed by atoms with Crippen LogP contribution in [0.1, 0.15) is 23.1 Å². The van der Waals surface area contributed by atoms with E-state index in [1.807, 2.05) is 26.1 Å². The second kappa shape index (κ2) is 7.97. The van der Waals surface area contributed by atoms with E-state index in [1.54, 1.807) is 22.9 Å². The fraction of sp³-hybridized carbons (Fsp3) is 0.211. The summed E-state index contributed by atoms with van der Waals surface area (Å²) in [5, 5.41) is 23.6. The van der Waals surface area contributed by atoms with Crippen molar-refractivity contribution in [1.82, 2.24) is 9.78 Å². The van der Waals surface area contributed by atoms with E-state index in [2.05, 4.69) is 22.7 Å². The summed E-state index contributed by atoms with van der Waals surface area (Å²) in [7, 11) is 0. The molecule has 0 saturated carbocycles. The normalized spacial score (nSPS) is 11.6. The van der Waals surface area contributed by atoms with Gasteiger partial charge in [0.1, 0.15) is 11.4 Å². The molecule has 128 valence electrons. The molecule has 6 nitrogen and oxygen atoms in total. The molecule has 0 saturated heterocycles. The van der Waals surface area contributed by atoms with Crippen LogP contribution in [0.25, 0.3) is 17.0 Å². The first-order chi connectivity index (χ1) is 12.0. The first-order valence-electron chi connectivity index (χ1n) is 7.84. The topological polar surface area (TPSA) is 100 Å². The maximum atomic E-state index is 10.2. The third-order valence-corrected chi connectivity index (χ3v) is 3.76. The number of hydrogen-bond donors (Lipinski definition) is 2. The molecule has 0 aliphatic heterocycles. The number of aryl methyl sites for hydroxylation is 2. The van der Waals surface area contributed by atoms with Crippen LogP contribution in [0.2, 0.25) is 0 Å². The van der Waals surface area contributed by atoms with Crippen molar-refractivity contribution in [3.63, 3.8) is 0 Å². The number of phenolic OH excluding ortho intramolecular Hbond substituents is 1. The zero-order chi connectivity index (χ0) is 18.4. The van der Waals surface area contributed by atoms with Gasteiger partial charge < -0.3 is 10.8 Å². The lowest BCUT2D eigenvalue weighted by atomic mass is 9.98. The van der Waals surface area contributed by atoms with Crippen molar-refractivity contribution < 1.29 is 5.11 Å². The second-order valence-electron chi connectivity index (χ2n) is 5.58. The van der Waals surface area contributed by atoms with Gasteiger partial charge in [0.15, 0.2) is 0 Å². The minimum absolute atomic E-state index is 0.212. The highest BCUT2D eigenvalue weighted by Gasteiger charge is 2.18. The number of nitrogens with zero attached hydrogens (tertiary/aromatic N) is 4. The van der Waals surface area contributed by atoms with Crippen molar-refractivity contribution in [2.45, 2.75) is 26.8 Å². The Balaban J connectivity index is 2.71. The molecule has 0 amide bonds. The molecule has 0 bridgehead atoms. The van der Waals surface area contributed by atoms with Crippen LogP contribution in [0.3, 0.4) is 0 Å². The first-order valence-corrected chi connectivity index (χ1v) is 7.84. The Hall–Kier alpha value is -3.33. The van der Waals surface area contributed by atoms with Gasteiger partial charge in [-0.3, -0.25) is 4.68 Å². The van der Waals surface area contributed by atoms with Crippen LogP contribution in [0, 0.1) is 25.2 Å². The number of allylic oxidation sites excluding steroid dienone is 2. The van der Waals surface area contributed by atoms with Gasteiger partial charge in [0.25, 0.3) is 0 Å². The van der Waals surface area contributed by atoms with E-state index in [0.717, 1.165) is 22.3 Å². The van der Waals surface area contributed by atoms with Gasteiger partial charge >= 0.3 is 0 Å². The average molecular weight is 335 g/mol. The van der Waals surface area contributed by atoms with Crippen molar-refractivity contribution in [2.24, 2.45) is 10.7 Å². The molecule has 25 heavy (non-hydrogen) atoms. The van der Waals surface area contributed by atoms with Gasteiger partial charge in [0.05, 0.1) is 31.1 Å². The van der Waals surface area contributed by atoms with Crippen molar-refractivity contribution in [3.8, 4) is 23.1 Å². The van der Waals surface area contributed by atoms with Crippen LogP contribution >= 0.6 is 0 Å². The molecular formula is C19H21N5O. The van der Waals surface area contributed by atoms with Crippen molar-refractivity contribution >= 4 is 12.0 Å². The third-order valence-electron chi connectivity index (χ3n) is 3.76. The summed E-state index contributed by atoms with van der Waals surface area (Å²) in [5.74, 6) is 0.212. The molecule has 2 aromatic rings. The molecular weight excluding hydrogens is 314 g/mol. The summed E-state index contributed by atoms with van der Waals surface area (Å²) in [6.07, 6.45) is 6.75. The number of benzene rings is 1. The third kappa shape index (κ3) is 3.96. The minimum Gasteiger partial charge on any atom is -0.508 e. The Kier molecular flexibility index (Phi) is 5.75. The lowest BCUT2D eigenvalue weighted by molar-refractivity contribution is 0.471. The van der Waals surface area contributed by atoms with E-state index in [0.29, 0.717) is 24.4 Å². The summed E-state index contributed by atoms with van der Waals surface area (Å²) in [5.41, 5.74) is 9.98. The SMILES string of the molecule is C=C/C=C(\N=CN)c1cn(CCC#N)nc1-c1cc(C)cc(O)c1C. The largest absolute Gasteiger partial charge is 0.508 e. The summed E-state index contributed by atoms with van der Waals surface area (Å²) >= 11 is 0. The molecule has 0 unspecified atom stereocenters. The summed E-state index contributed by atoms with van der Waals surface area (Å²) in [4.78, 5) is 4.20. The smallest absolute Gasteiger partial charge is 0.119 e. The van der Waals surface area contributed by atoms with Crippen molar-refractivity contribution in [3.05, 3.63) is 53.8 Å². The number of nitriles is 1. The standard InChI is InChI=1S/C19H21N5O/c1-4-6-17(22-12-21)16-11-24(8-5-7-20)23-19(16)15-9-13(2)10-18(25)14(15)3/h4,6,9-12,25H,1,5,8H2,2-3H3,(H2,21,22)/b17-6-. The zero-order valence-electron chi connectivity index (χ0n) is 14.4. The molecule has 2 rings (SSSR count). The lowest BCUT2D eigenvalue weighted by Gasteiger charge is -2.09. The number of aromatic hydroxyl groups is 1. The van der Waals surface area contributed by atoms with Gasteiger partial charge in [-0.25, -0.2) is 4.99 Å². The van der Waals surface area contributed by atoms with Gasteiger partial charge in [-0.15, -0.1) is 0 Å². The van der Waals surface area contributed by atoms with E-state index in [-0.39, 0.29) is 5.75 Å². The Morgan fingerprint density at radius 2 is 2.24 bits per heavy atom. The number of rotatable bonds is 6. The Morgan fingerprint density at radius 3 is 2.88 bits per heavy atom. The molecule has 6 heteroatoms. The average Bonchev–Trinajstić information content (AvgIpc) is 3.00. The number of aromatic nitrogens is 2. The molecule has 0 spiro atoms. The highest BCUT2D eigenvalue weighted by molar-refractivity contribution is 5.83. The van der Waals surface area contributed by atoms with Crippen molar-refractivity contribution in [2.75, 3.05) is 0 Å². The summed E-state index contributed by atoms with van der Waals surface area (Å²) < 4.78 is 1.70. The summed E-state index contributed by atoms with van der Waals surface area (Å²) in [6.45, 7) is 7.93. The maximum absolute atomic E-state index is 10.2. The molecule has 3 N–H and O–H groups in total. The van der Waals surface area contributed by atoms with Crippen molar-refractivity contribution in [1.29, 1.82) is 5.26 Å². The van der Waals surface area contributed by atoms with Crippen LogP contribution < -0.4 is 5.73 Å². The van der Waals surface area contributed by atoms with E-state index >= 15 is 0 Å². The van der Waals surface area contributed by atoms with Gasteiger partial charge in [-0.1, -0.05) is 12.7 Å². The number of aliphatic imine (C=N–C) groups is 1. The predicted octanol–water partition coefficient (Wildman–Crippen LogP) is 3.30. The fourth-order valence-electron chi connectivity index (χ4n) is 2.57. The van der Waals surface area contributed by atoms with Gasteiger partial charge in [0.2, 0.25) is 0 Å². The fourth-order valence-corrected chi connectivity index (χ4v) is 2.57. The predicted molar refractivity (Wildman–Crippen MR) is 99.9 cm³/mol. The van der Waals surface area contributed by atoms with E-state index in [1.165, 1.54) is 6.34 Å². The quantitative estimate of drug-likeness (QED) is 0.480. The molecule has 0 atom stereocenters. The molecule has 0 aliphatic rings. The van der Waals surface area contributed by atoms with E-state index in [9.17, 15) is 5.11 Å². The molecule has 0 aliphatic carbocycles. The summed E-state index contributed by atoms with van der Waals surface area (Å²) in [6, 6.07) is 5.79. The first kappa shape index (κ1) is 18.0. The van der Waals surface area contributed by atoms with Crippen LogP contribution in [0.4, 0.5) is 0 Å². The molecule has 1 aromatic heterocycles. The van der Waals surface area contributed by atoms with Crippen LogP contribution in [-0.2, 0) is 6.54 Å². The number of phenols is 1. The van der Waals surface area contributed by atoms with Crippen LogP contribution in [0.15, 0.2) is 42.1 Å². The molecule has 1 aromatic carbocycles. The van der Waals surface area contributed by atoms with E-state index in [4.69, 9.17) is 11.0 Å². The Bertz CT molecular complexity index is 884. The van der Waals surface area contributed by atoms with Gasteiger partial charge in [0, 0.05) is 22.9 Å². The zero-order valence-corrected chi connectivity index (χ0v) is 14.4. The maximum Gasteiger partial charge on any atom is 0.119 e. The van der Waals surface area contributed by atoms with Gasteiger partial charge in [-0.2, -0.15) is 10.4 Å². The molecule has 0 radical (unpaired) electrons. The second-order valence-corrected chi connectivity index (χ2v) is 5.58. The van der Waals surface area contributed by atoms with E-state index < -0.39 is 0 Å². The van der Waals surface area contributed by atoms with Gasteiger partial charge in [-0.05, 0) is 37.6 Å². The Labute approximate surface area is 147 Å². The molecule has 1 heterocycles. The monoisotopic (exact) mass is 335 g/mol. The highest BCUT2D eigenvalue weighted by atomic mass is 16.3. The highest BCUT2D eigenvalue weighted by Crippen LogP contribution is 2.35.